The SMILES string of the molecule is COc1cccc(C(Br)C2(CBr)OCCO2)c1. The highest BCUT2D eigenvalue weighted by Crippen LogP contribution is 2.42. The van der Waals surface area contributed by atoms with Crippen molar-refractivity contribution < 1.29 is 14.2 Å². The van der Waals surface area contributed by atoms with Crippen LogP contribution < -0.4 is 4.74 Å². The molecule has 0 radical (unpaired) electrons. The Bertz CT molecular complexity index is 378. The van der Waals surface area contributed by atoms with Crippen LogP contribution in [0.4, 0.5) is 0 Å². The smallest absolute Gasteiger partial charge is 0.194 e. The molecule has 0 saturated carbocycles. The number of alkyl halides is 2. The van der Waals surface area contributed by atoms with Crippen LogP contribution in [0.5, 0.6) is 5.75 Å². The van der Waals surface area contributed by atoms with E-state index in [4.69, 9.17) is 14.2 Å². The Labute approximate surface area is 118 Å². The zero-order valence-electron chi connectivity index (χ0n) is 9.49. The molecule has 0 aliphatic carbocycles. The van der Waals surface area contributed by atoms with Gasteiger partial charge in [0.05, 0.1) is 30.5 Å². The van der Waals surface area contributed by atoms with Crippen molar-refractivity contribution in [1.82, 2.24) is 0 Å². The number of halogens is 2. The number of benzene rings is 1. The third-order valence-electron chi connectivity index (χ3n) is 2.73. The lowest BCUT2D eigenvalue weighted by Crippen LogP contribution is -2.36. The molecule has 1 unspecified atom stereocenters. The number of ether oxygens (including phenoxy) is 3. The van der Waals surface area contributed by atoms with Gasteiger partial charge in [0.1, 0.15) is 5.75 Å². The van der Waals surface area contributed by atoms with Crippen LogP contribution in [0.2, 0.25) is 0 Å². The molecular formula is C12H14Br2O3. The first-order valence-electron chi connectivity index (χ1n) is 5.34. The van der Waals surface area contributed by atoms with Gasteiger partial charge in [-0.15, -0.1) is 0 Å². The van der Waals surface area contributed by atoms with Crippen molar-refractivity contribution in [1.29, 1.82) is 0 Å². The Kier molecular flexibility index (Phi) is 4.47. The first kappa shape index (κ1) is 13.3. The van der Waals surface area contributed by atoms with E-state index in [1.807, 2.05) is 24.3 Å². The maximum atomic E-state index is 5.72. The first-order chi connectivity index (χ1) is 8.22. The summed E-state index contributed by atoms with van der Waals surface area (Å²) in [5.41, 5.74) is 1.07. The molecule has 2 rings (SSSR count). The van der Waals surface area contributed by atoms with E-state index in [0.29, 0.717) is 18.5 Å². The van der Waals surface area contributed by atoms with Crippen LogP contribution in [-0.4, -0.2) is 31.4 Å². The molecule has 5 heteroatoms. The summed E-state index contributed by atoms with van der Waals surface area (Å²) in [6.07, 6.45) is 0. The molecule has 0 spiro atoms. The molecule has 0 aromatic heterocycles. The van der Waals surface area contributed by atoms with Crippen LogP contribution in [0, 0.1) is 0 Å². The molecule has 1 fully saturated rings. The second kappa shape index (κ2) is 5.69. The number of hydrogen-bond donors (Lipinski definition) is 0. The molecule has 0 bridgehead atoms. The topological polar surface area (TPSA) is 27.7 Å². The molecule has 1 aromatic carbocycles. The predicted molar refractivity (Wildman–Crippen MR) is 73.1 cm³/mol. The van der Waals surface area contributed by atoms with Crippen LogP contribution in [0.25, 0.3) is 0 Å². The molecule has 1 aliphatic rings. The molecule has 1 heterocycles. The highest BCUT2D eigenvalue weighted by molar-refractivity contribution is 9.10. The minimum atomic E-state index is -0.633. The highest BCUT2D eigenvalue weighted by atomic mass is 79.9. The van der Waals surface area contributed by atoms with Crippen molar-refractivity contribution >= 4 is 31.9 Å². The lowest BCUT2D eigenvalue weighted by Gasteiger charge is -2.30. The standard InChI is InChI=1S/C12H14Br2O3/c1-15-10-4-2-3-9(7-10)11(14)12(8-13)16-5-6-17-12/h2-4,7,11H,5-6,8H2,1H3. The van der Waals surface area contributed by atoms with Crippen molar-refractivity contribution in [3.05, 3.63) is 29.8 Å². The molecule has 1 aliphatic heterocycles. The Hall–Kier alpha value is -0.100. The van der Waals surface area contributed by atoms with Gasteiger partial charge in [0.25, 0.3) is 0 Å². The van der Waals surface area contributed by atoms with Gasteiger partial charge in [-0.25, -0.2) is 0 Å². The minimum Gasteiger partial charge on any atom is -0.497 e. The fraction of sp³-hybridized carbons (Fsp3) is 0.500. The van der Waals surface area contributed by atoms with Gasteiger partial charge in [0.2, 0.25) is 0 Å². The second-order valence-corrected chi connectivity index (χ2v) is 5.26. The van der Waals surface area contributed by atoms with E-state index in [-0.39, 0.29) is 4.83 Å². The summed E-state index contributed by atoms with van der Waals surface area (Å²) in [7, 11) is 1.66. The van der Waals surface area contributed by atoms with E-state index in [2.05, 4.69) is 31.9 Å². The van der Waals surface area contributed by atoms with Gasteiger partial charge in [-0.2, -0.15) is 0 Å². The van der Waals surface area contributed by atoms with Gasteiger partial charge in [0.15, 0.2) is 5.79 Å². The van der Waals surface area contributed by atoms with Crippen molar-refractivity contribution in [3.8, 4) is 5.75 Å². The first-order valence-corrected chi connectivity index (χ1v) is 7.37. The monoisotopic (exact) mass is 364 g/mol. The summed E-state index contributed by atoms with van der Waals surface area (Å²) in [5, 5.41) is 0.618. The van der Waals surface area contributed by atoms with E-state index in [1.54, 1.807) is 7.11 Å². The average Bonchev–Trinajstić information content (AvgIpc) is 2.88. The number of methoxy groups -OCH3 is 1. The molecule has 3 nitrogen and oxygen atoms in total. The fourth-order valence-corrected chi connectivity index (χ4v) is 3.61. The third-order valence-corrected chi connectivity index (χ3v) is 4.74. The summed E-state index contributed by atoms with van der Waals surface area (Å²) in [6, 6.07) is 7.88. The van der Waals surface area contributed by atoms with Crippen molar-refractivity contribution in [2.45, 2.75) is 10.6 Å². The predicted octanol–water partition coefficient (Wildman–Crippen LogP) is 3.27. The molecular weight excluding hydrogens is 352 g/mol. The lowest BCUT2D eigenvalue weighted by molar-refractivity contribution is -0.136. The van der Waals surface area contributed by atoms with E-state index < -0.39 is 5.79 Å². The Morgan fingerprint density at radius 2 is 2.12 bits per heavy atom. The highest BCUT2D eigenvalue weighted by Gasteiger charge is 2.43. The summed E-state index contributed by atoms with van der Waals surface area (Å²) in [4.78, 5) is -0.0352. The molecule has 0 N–H and O–H groups in total. The second-order valence-electron chi connectivity index (χ2n) is 3.78. The van der Waals surface area contributed by atoms with Crippen molar-refractivity contribution in [2.75, 3.05) is 25.7 Å². The summed E-state index contributed by atoms with van der Waals surface area (Å²) in [6.45, 7) is 1.25. The Balaban J connectivity index is 2.25. The normalized spacial score (nSPS) is 20.2. The maximum absolute atomic E-state index is 5.72. The zero-order valence-corrected chi connectivity index (χ0v) is 12.7. The Morgan fingerprint density at radius 1 is 1.41 bits per heavy atom. The van der Waals surface area contributed by atoms with E-state index in [0.717, 1.165) is 11.3 Å². The zero-order chi connectivity index (χ0) is 12.3. The van der Waals surface area contributed by atoms with Crippen molar-refractivity contribution in [2.24, 2.45) is 0 Å². The van der Waals surface area contributed by atoms with Crippen LogP contribution in [0.3, 0.4) is 0 Å². The van der Waals surface area contributed by atoms with Crippen LogP contribution in [-0.2, 0) is 9.47 Å². The van der Waals surface area contributed by atoms with Gasteiger partial charge in [-0.05, 0) is 17.7 Å². The van der Waals surface area contributed by atoms with Crippen LogP contribution in [0.15, 0.2) is 24.3 Å². The van der Waals surface area contributed by atoms with Gasteiger partial charge >= 0.3 is 0 Å². The molecule has 1 aromatic rings. The van der Waals surface area contributed by atoms with Crippen LogP contribution >= 0.6 is 31.9 Å². The molecule has 0 amide bonds. The van der Waals surface area contributed by atoms with E-state index in [9.17, 15) is 0 Å². The van der Waals surface area contributed by atoms with E-state index >= 15 is 0 Å². The summed E-state index contributed by atoms with van der Waals surface area (Å²) < 4.78 is 16.7. The third kappa shape index (κ3) is 2.67. The largest absolute Gasteiger partial charge is 0.497 e. The summed E-state index contributed by atoms with van der Waals surface area (Å²) in [5.74, 6) is 0.196. The molecule has 17 heavy (non-hydrogen) atoms. The molecule has 1 atom stereocenters. The Morgan fingerprint density at radius 3 is 2.71 bits per heavy atom. The molecule has 94 valence electrons. The fourth-order valence-electron chi connectivity index (χ4n) is 1.81. The van der Waals surface area contributed by atoms with Gasteiger partial charge < -0.3 is 14.2 Å². The summed E-state index contributed by atoms with van der Waals surface area (Å²) >= 11 is 7.11. The van der Waals surface area contributed by atoms with Gasteiger partial charge in [0, 0.05) is 0 Å². The lowest BCUT2D eigenvalue weighted by atomic mass is 10.1. The van der Waals surface area contributed by atoms with Crippen LogP contribution in [0.1, 0.15) is 10.4 Å². The number of rotatable bonds is 4. The van der Waals surface area contributed by atoms with E-state index in [1.165, 1.54) is 0 Å². The molecule has 1 saturated heterocycles. The minimum absolute atomic E-state index is 0.0352. The van der Waals surface area contributed by atoms with Gasteiger partial charge in [-0.1, -0.05) is 44.0 Å². The quantitative estimate of drug-likeness (QED) is 0.766. The maximum Gasteiger partial charge on any atom is 0.194 e. The average molecular weight is 366 g/mol. The van der Waals surface area contributed by atoms with Gasteiger partial charge in [-0.3, -0.25) is 0 Å². The number of hydrogen-bond acceptors (Lipinski definition) is 3. The van der Waals surface area contributed by atoms with Crippen molar-refractivity contribution in [3.63, 3.8) is 0 Å².